The monoisotopic (exact) mass is 566 g/mol. The first-order chi connectivity index (χ1) is 17.4. The minimum Gasteiger partial charge on any atom is -0.480 e. The molecule has 3 heterocycles. The second-order valence-corrected chi connectivity index (χ2v) is 11.3. The van der Waals surface area contributed by atoms with Crippen LogP contribution in [-0.2, 0) is 26.0 Å². The maximum atomic E-state index is 13.1. The molecular weight excluding hydrogens is 543 g/mol. The molecule has 196 valence electrons. The predicted molar refractivity (Wildman–Crippen MR) is 140 cm³/mol. The first-order valence-electron chi connectivity index (χ1n) is 11.1. The number of amides is 1. The van der Waals surface area contributed by atoms with Crippen LogP contribution < -0.4 is 15.4 Å². The number of nitrogens with two attached hydrogens (primary N) is 1. The van der Waals surface area contributed by atoms with E-state index in [0.29, 0.717) is 22.6 Å². The van der Waals surface area contributed by atoms with Crippen LogP contribution in [0.1, 0.15) is 12.0 Å². The van der Waals surface area contributed by atoms with Crippen molar-refractivity contribution < 1.29 is 23.1 Å². The summed E-state index contributed by atoms with van der Waals surface area (Å²) in [6, 6.07) is 3.88. The summed E-state index contributed by atoms with van der Waals surface area (Å²) in [6.07, 6.45) is 2.68. The standard InChI is InChI=1S/C23H24Cl2N6O5S/c1-30(2)21-17(25)9-14(11-28-21)37(35,36)29-18-4-6-31(22(18)32)19(23(33)34)8-13-7-12-3-5-27-20(26)15(12)10-16(13)24/h3,5,7,9-11,18-19,29H,4,6,8H2,1-2H3,(H2,26,27)(H,33,34). The van der Waals surface area contributed by atoms with Crippen molar-refractivity contribution in [2.45, 2.75) is 29.8 Å². The van der Waals surface area contributed by atoms with E-state index >= 15 is 0 Å². The maximum absolute atomic E-state index is 13.1. The van der Waals surface area contributed by atoms with Crippen molar-refractivity contribution >= 4 is 67.5 Å². The van der Waals surface area contributed by atoms with Gasteiger partial charge in [0.2, 0.25) is 15.9 Å². The summed E-state index contributed by atoms with van der Waals surface area (Å²) < 4.78 is 28.2. The number of halogens is 2. The van der Waals surface area contributed by atoms with E-state index in [4.69, 9.17) is 28.9 Å². The molecule has 2 atom stereocenters. The highest BCUT2D eigenvalue weighted by Crippen LogP contribution is 2.30. The lowest BCUT2D eigenvalue weighted by atomic mass is 10.0. The van der Waals surface area contributed by atoms with E-state index in [0.717, 1.165) is 16.5 Å². The Morgan fingerprint density at radius 2 is 2.00 bits per heavy atom. The quantitative estimate of drug-likeness (QED) is 0.371. The summed E-state index contributed by atoms with van der Waals surface area (Å²) in [4.78, 5) is 36.0. The van der Waals surface area contributed by atoms with Crippen LogP contribution in [0.15, 0.2) is 41.6 Å². The van der Waals surface area contributed by atoms with Crippen molar-refractivity contribution in [3.63, 3.8) is 0 Å². The lowest BCUT2D eigenvalue weighted by molar-refractivity contribution is -0.148. The summed E-state index contributed by atoms with van der Waals surface area (Å²) in [6.45, 7) is 0.0453. The number of carboxylic acid groups (broad SMARTS) is 1. The Hall–Kier alpha value is -3.19. The lowest BCUT2D eigenvalue weighted by Gasteiger charge is -2.25. The normalized spacial score (nSPS) is 16.8. The van der Waals surface area contributed by atoms with Gasteiger partial charge in [-0.15, -0.1) is 0 Å². The van der Waals surface area contributed by atoms with Crippen molar-refractivity contribution in [3.05, 3.63) is 52.3 Å². The van der Waals surface area contributed by atoms with Crippen LogP contribution in [0.25, 0.3) is 10.8 Å². The number of sulfonamides is 1. The Morgan fingerprint density at radius 1 is 1.27 bits per heavy atom. The van der Waals surface area contributed by atoms with Gasteiger partial charge in [-0.05, 0) is 41.6 Å². The molecule has 37 heavy (non-hydrogen) atoms. The smallest absolute Gasteiger partial charge is 0.326 e. The van der Waals surface area contributed by atoms with Crippen molar-refractivity contribution in [1.82, 2.24) is 19.6 Å². The van der Waals surface area contributed by atoms with Gasteiger partial charge in [-0.1, -0.05) is 23.2 Å². The van der Waals surface area contributed by atoms with Crippen molar-refractivity contribution in [1.29, 1.82) is 0 Å². The fourth-order valence-electron chi connectivity index (χ4n) is 4.23. The molecular formula is C23H24Cl2N6O5S. The molecule has 11 nitrogen and oxygen atoms in total. The summed E-state index contributed by atoms with van der Waals surface area (Å²) in [5.41, 5.74) is 6.40. The van der Waals surface area contributed by atoms with Gasteiger partial charge in [0.1, 0.15) is 28.6 Å². The number of hydrogen-bond acceptors (Lipinski definition) is 8. The molecule has 1 aromatic carbocycles. The number of carbonyl (C=O) groups excluding carboxylic acids is 1. The van der Waals surface area contributed by atoms with Crippen LogP contribution in [0.5, 0.6) is 0 Å². The second-order valence-electron chi connectivity index (χ2n) is 8.78. The number of aliphatic carboxylic acids is 1. The van der Waals surface area contributed by atoms with Gasteiger partial charge in [0, 0.05) is 49.9 Å². The first kappa shape index (κ1) is 26.9. The molecule has 4 N–H and O–H groups in total. The minimum absolute atomic E-state index is 0.0453. The number of fused-ring (bicyclic) bond motifs is 1. The number of carbonyl (C=O) groups is 2. The number of nitrogen functional groups attached to an aromatic ring is 1. The molecule has 1 amide bonds. The van der Waals surface area contributed by atoms with Crippen LogP contribution >= 0.6 is 23.2 Å². The number of likely N-dealkylation sites (tertiary alicyclic amines) is 1. The van der Waals surface area contributed by atoms with E-state index in [-0.39, 0.29) is 34.3 Å². The van der Waals surface area contributed by atoms with Crippen LogP contribution in [-0.4, -0.2) is 73.0 Å². The van der Waals surface area contributed by atoms with E-state index in [1.165, 1.54) is 12.3 Å². The van der Waals surface area contributed by atoms with Gasteiger partial charge >= 0.3 is 5.97 Å². The van der Waals surface area contributed by atoms with Crippen LogP contribution in [0.2, 0.25) is 10.0 Å². The van der Waals surface area contributed by atoms with Gasteiger partial charge in [-0.25, -0.2) is 23.2 Å². The second kappa shape index (κ2) is 10.3. The van der Waals surface area contributed by atoms with E-state index in [1.54, 1.807) is 37.2 Å². The molecule has 1 aliphatic rings. The van der Waals surface area contributed by atoms with Crippen LogP contribution in [0.3, 0.4) is 0 Å². The molecule has 1 fully saturated rings. The minimum atomic E-state index is -4.15. The molecule has 2 aromatic heterocycles. The molecule has 4 rings (SSSR count). The van der Waals surface area contributed by atoms with E-state index in [9.17, 15) is 23.1 Å². The van der Waals surface area contributed by atoms with Crippen LogP contribution in [0, 0.1) is 0 Å². The third-order valence-electron chi connectivity index (χ3n) is 6.10. The summed E-state index contributed by atoms with van der Waals surface area (Å²) in [5.74, 6) is -1.21. The van der Waals surface area contributed by atoms with E-state index in [2.05, 4.69) is 14.7 Å². The first-order valence-corrected chi connectivity index (χ1v) is 13.3. The van der Waals surface area contributed by atoms with Gasteiger partial charge < -0.3 is 20.6 Å². The molecule has 0 spiro atoms. The van der Waals surface area contributed by atoms with Gasteiger partial charge in [-0.3, -0.25) is 4.79 Å². The molecule has 3 aromatic rings. The van der Waals surface area contributed by atoms with Gasteiger partial charge in [0.15, 0.2) is 0 Å². The van der Waals surface area contributed by atoms with Gasteiger partial charge in [-0.2, -0.15) is 4.72 Å². The highest BCUT2D eigenvalue weighted by atomic mass is 35.5. The van der Waals surface area contributed by atoms with E-state index < -0.39 is 34.0 Å². The summed E-state index contributed by atoms with van der Waals surface area (Å²) in [7, 11) is -0.732. The van der Waals surface area contributed by atoms with Gasteiger partial charge in [0.25, 0.3) is 0 Å². The van der Waals surface area contributed by atoms with Crippen molar-refractivity contribution in [2.75, 3.05) is 31.3 Å². The zero-order valence-corrected chi connectivity index (χ0v) is 22.2. The summed E-state index contributed by atoms with van der Waals surface area (Å²) in [5, 5.41) is 11.7. The zero-order valence-electron chi connectivity index (χ0n) is 19.9. The number of benzene rings is 1. The Kier molecular flexibility index (Phi) is 7.47. The molecule has 2 unspecified atom stereocenters. The van der Waals surface area contributed by atoms with E-state index in [1.807, 2.05) is 0 Å². The SMILES string of the molecule is CN(C)c1ncc(S(=O)(=O)NC2CCN(C(Cc3cc4ccnc(N)c4cc3Cl)C(=O)O)C2=O)cc1Cl. The number of hydrogen-bond donors (Lipinski definition) is 3. The number of pyridine rings is 2. The molecule has 14 heteroatoms. The van der Waals surface area contributed by atoms with Gasteiger partial charge in [0.05, 0.1) is 5.02 Å². The molecule has 0 saturated carbocycles. The molecule has 0 bridgehead atoms. The maximum Gasteiger partial charge on any atom is 0.326 e. The third kappa shape index (κ3) is 5.42. The topological polar surface area (TPSA) is 159 Å². The fourth-order valence-corrected chi connectivity index (χ4v) is 6.06. The average molecular weight is 567 g/mol. The average Bonchev–Trinajstić information content (AvgIpc) is 3.16. The van der Waals surface area contributed by atoms with Crippen molar-refractivity contribution in [3.8, 4) is 0 Å². The molecule has 1 aliphatic heterocycles. The van der Waals surface area contributed by atoms with Crippen LogP contribution in [0.4, 0.5) is 11.6 Å². The lowest BCUT2D eigenvalue weighted by Crippen LogP contribution is -2.48. The fraction of sp³-hybridized carbons (Fsp3) is 0.304. The number of rotatable bonds is 8. The Labute approximate surface area is 223 Å². The zero-order chi connectivity index (χ0) is 27.1. The third-order valence-corrected chi connectivity index (χ3v) is 8.17. The largest absolute Gasteiger partial charge is 0.480 e. The summed E-state index contributed by atoms with van der Waals surface area (Å²) >= 11 is 12.6. The molecule has 1 saturated heterocycles. The highest BCUT2D eigenvalue weighted by Gasteiger charge is 2.41. The number of nitrogens with one attached hydrogen (secondary N) is 1. The number of carboxylic acids is 1. The predicted octanol–water partition coefficient (Wildman–Crippen LogP) is 2.16. The highest BCUT2D eigenvalue weighted by molar-refractivity contribution is 7.89. The van der Waals surface area contributed by atoms with Crippen molar-refractivity contribution in [2.24, 2.45) is 0 Å². The Balaban J connectivity index is 1.54. The number of nitrogens with zero attached hydrogens (tertiary/aromatic N) is 4. The number of aromatic nitrogens is 2. The molecule has 0 aliphatic carbocycles. The Morgan fingerprint density at radius 3 is 2.65 bits per heavy atom. The Bertz CT molecular complexity index is 1500. The molecule has 0 radical (unpaired) electrons. The number of anilines is 2.